The number of aryl methyl sites for hydroxylation is 2. The van der Waals surface area contributed by atoms with E-state index in [1.165, 1.54) is 10.4 Å². The fourth-order valence-corrected chi connectivity index (χ4v) is 5.63. The number of aromatic nitrogens is 4. The normalized spacial score (nSPS) is 14.5. The molecule has 1 aliphatic heterocycles. The number of benzene rings is 2. The Kier molecular flexibility index (Phi) is 4.90. The van der Waals surface area contributed by atoms with Crippen LogP contribution in [0.5, 0.6) is 0 Å². The molecule has 0 saturated carbocycles. The van der Waals surface area contributed by atoms with Gasteiger partial charge < -0.3 is 4.42 Å². The van der Waals surface area contributed by atoms with Crippen molar-refractivity contribution < 1.29 is 17.2 Å². The summed E-state index contributed by atoms with van der Waals surface area (Å²) in [6, 6.07) is 13.0. The molecule has 3 heterocycles. The van der Waals surface area contributed by atoms with Gasteiger partial charge in [-0.15, -0.1) is 10.2 Å². The van der Waals surface area contributed by atoms with Crippen molar-refractivity contribution in [2.24, 2.45) is 7.05 Å². The van der Waals surface area contributed by atoms with Gasteiger partial charge in [0.2, 0.25) is 10.0 Å². The zero-order chi connectivity index (χ0) is 22.5. The molecule has 0 bridgehead atoms. The minimum Gasteiger partial charge on any atom is -0.414 e. The topological polar surface area (TPSA) is 94.1 Å². The van der Waals surface area contributed by atoms with E-state index in [-0.39, 0.29) is 28.8 Å². The van der Waals surface area contributed by atoms with Crippen LogP contribution in [0.2, 0.25) is 0 Å². The second-order valence-corrected chi connectivity index (χ2v) is 9.55. The number of rotatable bonds is 4. The molecule has 8 nitrogen and oxygen atoms in total. The molecule has 32 heavy (non-hydrogen) atoms. The van der Waals surface area contributed by atoms with Crippen LogP contribution in [0.1, 0.15) is 16.8 Å². The predicted octanol–water partition coefficient (Wildman–Crippen LogP) is 3.33. The first-order valence-electron chi connectivity index (χ1n) is 10.1. The molecule has 2 aromatic carbocycles. The number of hydrogen-bond donors (Lipinski definition) is 0. The van der Waals surface area contributed by atoms with Crippen LogP contribution >= 0.6 is 0 Å². The molecule has 0 spiro atoms. The zero-order valence-corrected chi connectivity index (χ0v) is 18.3. The Morgan fingerprint density at radius 1 is 1.03 bits per heavy atom. The summed E-state index contributed by atoms with van der Waals surface area (Å²) < 4.78 is 49.6. The minimum atomic E-state index is -3.69. The van der Waals surface area contributed by atoms with E-state index in [1.54, 1.807) is 55.1 Å². The van der Waals surface area contributed by atoms with Crippen LogP contribution in [-0.2, 0) is 30.0 Å². The third-order valence-electron chi connectivity index (χ3n) is 5.65. The molecular formula is C22H20FN5O3S. The van der Waals surface area contributed by atoms with E-state index in [9.17, 15) is 12.8 Å². The fourth-order valence-electron chi connectivity index (χ4n) is 3.99. The van der Waals surface area contributed by atoms with Gasteiger partial charge in [-0.2, -0.15) is 9.40 Å². The molecule has 0 amide bonds. The highest BCUT2D eigenvalue weighted by atomic mass is 32.2. The van der Waals surface area contributed by atoms with Crippen LogP contribution in [0.25, 0.3) is 23.0 Å². The van der Waals surface area contributed by atoms with Gasteiger partial charge in [-0.1, -0.05) is 30.3 Å². The smallest absolute Gasteiger partial charge is 0.268 e. The number of hydrogen-bond acceptors (Lipinski definition) is 6. The van der Waals surface area contributed by atoms with Gasteiger partial charge in [0.05, 0.1) is 10.5 Å². The largest absolute Gasteiger partial charge is 0.414 e. The van der Waals surface area contributed by atoms with Crippen molar-refractivity contribution in [3.8, 4) is 23.0 Å². The highest BCUT2D eigenvalue weighted by Crippen LogP contribution is 2.33. The van der Waals surface area contributed by atoms with E-state index >= 15 is 0 Å². The summed E-state index contributed by atoms with van der Waals surface area (Å²) in [4.78, 5) is 0.286. The summed E-state index contributed by atoms with van der Waals surface area (Å²) in [6.45, 7) is 2.25. The molecule has 0 atom stereocenters. The lowest BCUT2D eigenvalue weighted by molar-refractivity contribution is 0.385. The van der Waals surface area contributed by atoms with Crippen molar-refractivity contribution in [3.05, 3.63) is 71.2 Å². The first kappa shape index (κ1) is 20.5. The van der Waals surface area contributed by atoms with Gasteiger partial charge in [0.1, 0.15) is 5.82 Å². The zero-order valence-electron chi connectivity index (χ0n) is 17.5. The van der Waals surface area contributed by atoms with Crippen molar-refractivity contribution in [3.63, 3.8) is 0 Å². The predicted molar refractivity (Wildman–Crippen MR) is 114 cm³/mol. The maximum absolute atomic E-state index is 14.1. The standard InChI is InChI=1S/C22H20FN5O3S/c1-14-7-3-6-10-19(14)32(29,30)28-12-11-18-16(13-28)20(26-27(18)2)22-25-24-21(31-22)15-8-4-5-9-17(15)23/h3-10H,11-13H2,1-2H3. The Balaban J connectivity index is 1.52. The first-order chi connectivity index (χ1) is 15.4. The van der Waals surface area contributed by atoms with Gasteiger partial charge in [-0.25, -0.2) is 12.8 Å². The van der Waals surface area contributed by atoms with Gasteiger partial charge >= 0.3 is 0 Å². The Morgan fingerprint density at radius 2 is 1.75 bits per heavy atom. The first-order valence-corrected chi connectivity index (χ1v) is 11.5. The summed E-state index contributed by atoms with van der Waals surface area (Å²) in [5, 5.41) is 12.5. The van der Waals surface area contributed by atoms with Gasteiger partial charge in [-0.05, 0) is 30.7 Å². The average molecular weight is 453 g/mol. The van der Waals surface area contributed by atoms with Gasteiger partial charge in [0.25, 0.3) is 11.8 Å². The van der Waals surface area contributed by atoms with Crippen LogP contribution in [-0.4, -0.2) is 39.2 Å². The summed E-state index contributed by atoms with van der Waals surface area (Å²) in [5.74, 6) is -0.311. The number of nitrogens with zero attached hydrogens (tertiary/aromatic N) is 5. The molecule has 0 aliphatic carbocycles. The molecule has 164 valence electrons. The number of fused-ring (bicyclic) bond motifs is 1. The second kappa shape index (κ2) is 7.64. The van der Waals surface area contributed by atoms with Crippen LogP contribution in [0.15, 0.2) is 57.8 Å². The SMILES string of the molecule is Cc1ccccc1S(=O)(=O)N1CCc2c(c(-c3nnc(-c4ccccc4F)o3)nn2C)C1. The molecule has 0 fully saturated rings. The Hall–Kier alpha value is -3.37. The molecule has 10 heteroatoms. The molecule has 0 unspecified atom stereocenters. The number of sulfonamides is 1. The van der Waals surface area contributed by atoms with Crippen molar-refractivity contribution in [2.45, 2.75) is 24.8 Å². The summed E-state index contributed by atoms with van der Waals surface area (Å²) >= 11 is 0. The Bertz CT molecular complexity index is 1430. The van der Waals surface area contributed by atoms with Crippen molar-refractivity contribution in [1.82, 2.24) is 24.3 Å². The lowest BCUT2D eigenvalue weighted by Gasteiger charge is -2.27. The Morgan fingerprint density at radius 3 is 2.53 bits per heavy atom. The fraction of sp³-hybridized carbons (Fsp3) is 0.227. The van der Waals surface area contributed by atoms with Gasteiger partial charge in [-0.3, -0.25) is 4.68 Å². The van der Waals surface area contributed by atoms with Crippen LogP contribution in [0.3, 0.4) is 0 Å². The van der Waals surface area contributed by atoms with E-state index in [4.69, 9.17) is 4.42 Å². The summed E-state index contributed by atoms with van der Waals surface area (Å²) in [6.07, 6.45) is 0.498. The average Bonchev–Trinajstić information content (AvgIpc) is 3.39. The van der Waals surface area contributed by atoms with E-state index in [0.29, 0.717) is 29.8 Å². The minimum absolute atomic E-state index is 0.0395. The van der Waals surface area contributed by atoms with E-state index in [0.717, 1.165) is 5.69 Å². The molecule has 1 aliphatic rings. The Labute approximate surface area is 184 Å². The van der Waals surface area contributed by atoms with Crippen LogP contribution in [0.4, 0.5) is 4.39 Å². The summed E-state index contributed by atoms with van der Waals surface area (Å²) in [7, 11) is -1.89. The summed E-state index contributed by atoms with van der Waals surface area (Å²) in [5.41, 5.74) is 2.90. The van der Waals surface area contributed by atoms with Crippen molar-refractivity contribution >= 4 is 10.0 Å². The molecule has 4 aromatic rings. The van der Waals surface area contributed by atoms with Gasteiger partial charge in [0.15, 0.2) is 5.69 Å². The van der Waals surface area contributed by atoms with Gasteiger partial charge in [0, 0.05) is 37.8 Å². The van der Waals surface area contributed by atoms with Crippen molar-refractivity contribution in [1.29, 1.82) is 0 Å². The van der Waals surface area contributed by atoms with Crippen LogP contribution in [0, 0.1) is 12.7 Å². The lowest BCUT2D eigenvalue weighted by Crippen LogP contribution is -2.36. The highest BCUT2D eigenvalue weighted by Gasteiger charge is 2.34. The third-order valence-corrected chi connectivity index (χ3v) is 7.66. The molecule has 2 aromatic heterocycles. The highest BCUT2D eigenvalue weighted by molar-refractivity contribution is 7.89. The monoisotopic (exact) mass is 453 g/mol. The lowest BCUT2D eigenvalue weighted by atomic mass is 10.1. The molecular weight excluding hydrogens is 433 g/mol. The molecule has 0 radical (unpaired) electrons. The van der Waals surface area contributed by atoms with Crippen LogP contribution < -0.4 is 0 Å². The molecule has 0 saturated heterocycles. The van der Waals surface area contributed by atoms with E-state index in [1.807, 2.05) is 6.07 Å². The van der Waals surface area contributed by atoms with E-state index in [2.05, 4.69) is 15.3 Å². The quantitative estimate of drug-likeness (QED) is 0.471. The number of halogens is 1. The maximum atomic E-state index is 14.1. The van der Waals surface area contributed by atoms with E-state index < -0.39 is 15.8 Å². The molecule has 0 N–H and O–H groups in total. The third kappa shape index (κ3) is 3.32. The van der Waals surface area contributed by atoms with Crippen molar-refractivity contribution in [2.75, 3.05) is 6.54 Å². The maximum Gasteiger partial charge on any atom is 0.268 e. The second-order valence-electron chi connectivity index (χ2n) is 7.64. The molecule has 5 rings (SSSR count).